The van der Waals surface area contributed by atoms with Crippen LogP contribution in [-0.2, 0) is 4.74 Å². The van der Waals surface area contributed by atoms with Crippen LogP contribution in [0, 0.1) is 0 Å². The zero-order chi connectivity index (χ0) is 34.2. The Morgan fingerprint density at radius 3 is 1.88 bits per heavy atom. The maximum atomic E-state index is 13.2. The fourth-order valence-electron chi connectivity index (χ4n) is 4.84. The molecule has 6 rings (SSSR count). The molecule has 3 aromatic carbocycles. The van der Waals surface area contributed by atoms with Crippen LogP contribution in [0.1, 0.15) is 31.8 Å². The number of nitrogens with zero attached hydrogens (tertiary/aromatic N) is 2. The number of benzene rings is 3. The number of H-pyrrole nitrogens is 1. The topological polar surface area (TPSA) is 132 Å². The van der Waals surface area contributed by atoms with E-state index in [1.807, 2.05) is 42.6 Å². The third-order valence-electron chi connectivity index (χ3n) is 7.07. The van der Waals surface area contributed by atoms with E-state index in [1.165, 1.54) is 27.5 Å². The molecular weight excluding hydrogens is 744 g/mol. The summed E-state index contributed by atoms with van der Waals surface area (Å²) >= 11 is 6.73. The number of carbonyl (C=O) groups excluding carboxylic acids is 3. The normalized spacial score (nSPS) is 10.4. The van der Waals surface area contributed by atoms with Crippen LogP contribution in [0.5, 0.6) is 11.8 Å². The van der Waals surface area contributed by atoms with Crippen molar-refractivity contribution in [3.8, 4) is 22.9 Å². The van der Waals surface area contributed by atoms with E-state index in [1.54, 1.807) is 54.7 Å². The number of methoxy groups -OCH3 is 3. The number of carbonyl (C=O) groups is 3. The van der Waals surface area contributed by atoms with Crippen LogP contribution in [0.25, 0.3) is 22.0 Å². The van der Waals surface area contributed by atoms with Gasteiger partial charge >= 0.3 is 6.09 Å². The van der Waals surface area contributed by atoms with Gasteiger partial charge in [-0.3, -0.25) is 14.9 Å². The van der Waals surface area contributed by atoms with Crippen LogP contribution in [0.15, 0.2) is 112 Å². The molecule has 0 saturated carbocycles. The lowest BCUT2D eigenvalue weighted by molar-refractivity contribution is 0.103. The number of hydrogen-bond donors (Lipinski definition) is 2. The highest BCUT2D eigenvalue weighted by Crippen LogP contribution is 2.32. The van der Waals surface area contributed by atoms with Crippen molar-refractivity contribution in [3.05, 3.63) is 135 Å². The number of aromatic nitrogens is 3. The van der Waals surface area contributed by atoms with Crippen LogP contribution in [0.2, 0.25) is 0 Å². The molecule has 10 nitrogen and oxygen atoms in total. The molecule has 0 fully saturated rings. The summed E-state index contributed by atoms with van der Waals surface area (Å²) in [5, 5.41) is 3.67. The van der Waals surface area contributed by atoms with E-state index in [2.05, 4.69) is 52.1 Å². The molecule has 0 radical (unpaired) electrons. The van der Waals surface area contributed by atoms with E-state index in [0.29, 0.717) is 39.7 Å². The fraction of sp³-hybridized carbons (Fsp3) is 0.0833. The van der Waals surface area contributed by atoms with Gasteiger partial charge in [0.05, 0.1) is 21.3 Å². The van der Waals surface area contributed by atoms with E-state index in [4.69, 9.17) is 14.2 Å². The largest absolute Gasteiger partial charge is 0.481 e. The zero-order valence-corrected chi connectivity index (χ0v) is 29.1. The smallest absolute Gasteiger partial charge is 0.411 e. The van der Waals surface area contributed by atoms with Gasteiger partial charge in [-0.05, 0) is 71.8 Å². The van der Waals surface area contributed by atoms with E-state index in [0.717, 1.165) is 31.0 Å². The van der Waals surface area contributed by atoms with Gasteiger partial charge in [-0.25, -0.2) is 14.8 Å². The van der Waals surface area contributed by atoms with Crippen molar-refractivity contribution >= 4 is 66.1 Å². The summed E-state index contributed by atoms with van der Waals surface area (Å²) in [5.41, 5.74) is 5.16. The average Bonchev–Trinajstić information content (AvgIpc) is 3.60. The molecular formula is C36H28Br2N4O6. The van der Waals surface area contributed by atoms with E-state index in [9.17, 15) is 14.4 Å². The second-order valence-electron chi connectivity index (χ2n) is 10.2. The van der Waals surface area contributed by atoms with Crippen LogP contribution in [-0.4, -0.2) is 53.9 Å². The van der Waals surface area contributed by atoms with Gasteiger partial charge in [0, 0.05) is 78.5 Å². The van der Waals surface area contributed by atoms with Crippen molar-refractivity contribution in [3.63, 3.8) is 0 Å². The van der Waals surface area contributed by atoms with Gasteiger partial charge in [0.1, 0.15) is 0 Å². The first-order valence-corrected chi connectivity index (χ1v) is 15.9. The van der Waals surface area contributed by atoms with Crippen LogP contribution in [0.4, 0.5) is 10.5 Å². The Kier molecular flexibility index (Phi) is 11.0. The number of pyridine rings is 2. The molecule has 12 heteroatoms. The first-order valence-electron chi connectivity index (χ1n) is 14.3. The molecule has 0 aliphatic carbocycles. The molecule has 1 amide bonds. The lowest BCUT2D eigenvalue weighted by Crippen LogP contribution is -2.12. The zero-order valence-electron chi connectivity index (χ0n) is 25.9. The minimum Gasteiger partial charge on any atom is -0.481 e. The van der Waals surface area contributed by atoms with Crippen LogP contribution < -0.4 is 14.8 Å². The molecule has 3 heterocycles. The predicted molar refractivity (Wildman–Crippen MR) is 190 cm³/mol. The Morgan fingerprint density at radius 2 is 1.29 bits per heavy atom. The molecule has 242 valence electrons. The summed E-state index contributed by atoms with van der Waals surface area (Å²) in [7, 11) is 4.30. The van der Waals surface area contributed by atoms with Gasteiger partial charge in [0.2, 0.25) is 11.8 Å². The second-order valence-corrected chi connectivity index (χ2v) is 12.0. The number of rotatable bonds is 8. The van der Waals surface area contributed by atoms with Gasteiger partial charge in [-0.15, -0.1) is 0 Å². The Hall–Kier alpha value is -5.33. The third-order valence-corrected chi connectivity index (χ3v) is 7.99. The summed E-state index contributed by atoms with van der Waals surface area (Å²) in [4.78, 5) is 48.5. The van der Waals surface area contributed by atoms with E-state index >= 15 is 0 Å². The van der Waals surface area contributed by atoms with Crippen molar-refractivity contribution in [2.45, 2.75) is 0 Å². The van der Waals surface area contributed by atoms with Crippen molar-refractivity contribution in [2.24, 2.45) is 0 Å². The minimum absolute atomic E-state index is 0.0716. The molecule has 48 heavy (non-hydrogen) atoms. The highest BCUT2D eigenvalue weighted by atomic mass is 79.9. The number of nitrogens with one attached hydrogen (secondary N) is 2. The Balaban J connectivity index is 0.000000214. The first-order chi connectivity index (χ1) is 23.2. The number of ether oxygens (including phenoxy) is 3. The molecule has 0 aliphatic heterocycles. The fourth-order valence-corrected chi connectivity index (χ4v) is 6.13. The predicted octanol–water partition coefficient (Wildman–Crippen LogP) is 8.49. The number of amides is 1. The van der Waals surface area contributed by atoms with Crippen molar-refractivity contribution in [1.82, 2.24) is 15.0 Å². The number of hydrogen-bond acceptors (Lipinski definition) is 8. The Bertz CT molecular complexity index is 2110. The number of halogens is 2. The second kappa shape index (κ2) is 15.5. The molecule has 0 aliphatic rings. The Morgan fingerprint density at radius 1 is 0.688 bits per heavy atom. The lowest BCUT2D eigenvalue weighted by Gasteiger charge is -2.12. The Labute approximate surface area is 292 Å². The summed E-state index contributed by atoms with van der Waals surface area (Å²) in [6.07, 6.45) is 4.32. The summed E-state index contributed by atoms with van der Waals surface area (Å²) in [6, 6.07) is 25.0. The number of anilines is 1. The molecule has 0 atom stereocenters. The number of aromatic amines is 1. The van der Waals surface area contributed by atoms with Gasteiger partial charge < -0.3 is 19.2 Å². The van der Waals surface area contributed by atoms with Gasteiger partial charge in [-0.2, -0.15) is 0 Å². The molecule has 0 bridgehead atoms. The van der Waals surface area contributed by atoms with Gasteiger partial charge in [0.25, 0.3) is 0 Å². The summed E-state index contributed by atoms with van der Waals surface area (Å²) in [6.45, 7) is 0. The molecule has 3 aromatic heterocycles. The number of fused-ring (bicyclic) bond motifs is 1. The molecule has 0 spiro atoms. The molecule has 0 unspecified atom stereocenters. The highest BCUT2D eigenvalue weighted by Gasteiger charge is 2.16. The maximum absolute atomic E-state index is 13.2. The van der Waals surface area contributed by atoms with Crippen molar-refractivity contribution in [2.75, 3.05) is 26.6 Å². The van der Waals surface area contributed by atoms with E-state index < -0.39 is 6.09 Å². The summed E-state index contributed by atoms with van der Waals surface area (Å²) in [5.74, 6) is 0.487. The summed E-state index contributed by atoms with van der Waals surface area (Å²) < 4.78 is 16.5. The molecule has 0 saturated heterocycles. The van der Waals surface area contributed by atoms with Gasteiger partial charge in [0.15, 0.2) is 11.6 Å². The van der Waals surface area contributed by atoms with Crippen LogP contribution >= 0.6 is 31.9 Å². The SMILES string of the molecule is COC(=O)Nc1cc(C(=O)c2ccnc(OC)c2)cc(-c2cccc3[nH]ccc23)c1.COc1cc(C(=O)c2cc(Br)cc(Br)c2)ccn1. The molecule has 2 N–H and O–H groups in total. The highest BCUT2D eigenvalue weighted by molar-refractivity contribution is 9.11. The van der Waals surface area contributed by atoms with Crippen molar-refractivity contribution in [1.29, 1.82) is 0 Å². The maximum Gasteiger partial charge on any atom is 0.411 e. The minimum atomic E-state index is -0.615. The van der Waals surface area contributed by atoms with Gasteiger partial charge in [-0.1, -0.05) is 44.0 Å². The number of ketones is 2. The monoisotopic (exact) mass is 770 g/mol. The van der Waals surface area contributed by atoms with E-state index in [-0.39, 0.29) is 11.6 Å². The average molecular weight is 772 g/mol. The quantitative estimate of drug-likeness (QED) is 0.147. The lowest BCUT2D eigenvalue weighted by atomic mass is 9.96. The first kappa shape index (κ1) is 34.0. The standard InChI is InChI=1S/C23H19N3O4.C13H9Br2NO2/c1-29-21-13-14(6-8-25-21)22(27)16-10-15(11-17(12-16)26-23(28)30-2)18-4-3-5-20-19(18)7-9-24-20;1-18-12-6-8(2-3-16-12)13(17)9-4-10(14)7-11(15)5-9/h3-13,24H,1-2H3,(H,26,28);2-7H,1H3. The third kappa shape index (κ3) is 8.14. The van der Waals surface area contributed by atoms with Crippen LogP contribution in [0.3, 0.4) is 0 Å². The molecule has 6 aromatic rings. The van der Waals surface area contributed by atoms with Crippen molar-refractivity contribution < 1.29 is 28.6 Å².